The summed E-state index contributed by atoms with van der Waals surface area (Å²) in [4.78, 5) is 31.4. The first kappa shape index (κ1) is 24.9. The molecule has 9 nitrogen and oxygen atoms in total. The van der Waals surface area contributed by atoms with Gasteiger partial charge in [0.15, 0.2) is 12.4 Å². The molecule has 10 heteroatoms. The molecule has 0 atom stereocenters. The Morgan fingerprint density at radius 2 is 1.76 bits per heavy atom. The molecule has 3 aromatic carbocycles. The highest BCUT2D eigenvalue weighted by atomic mass is 19.1. The number of ether oxygens (including phenoxy) is 2. The maximum Gasteiger partial charge on any atom is 0.332 e. The van der Waals surface area contributed by atoms with Crippen molar-refractivity contribution in [3.05, 3.63) is 122 Å². The van der Waals surface area contributed by atoms with Crippen LogP contribution in [0, 0.1) is 5.82 Å². The Hall–Kier alpha value is -5.09. The zero-order valence-electron chi connectivity index (χ0n) is 22.1. The van der Waals surface area contributed by atoms with Gasteiger partial charge in [-0.25, -0.2) is 9.18 Å². The highest BCUT2D eigenvalue weighted by molar-refractivity contribution is 5.91. The fraction of sp³-hybridized carbons (Fsp3) is 0.161. The molecule has 0 radical (unpaired) electrons. The third-order valence-corrected chi connectivity index (χ3v) is 7.46. The lowest BCUT2D eigenvalue weighted by Crippen LogP contribution is -2.38. The molecular weight excluding hydrogens is 525 g/mol. The number of pyridine rings is 1. The molecule has 0 bridgehead atoms. The van der Waals surface area contributed by atoms with Gasteiger partial charge in [-0.1, -0.05) is 42.5 Å². The number of rotatable bonds is 5. The molecule has 1 aliphatic rings. The third-order valence-electron chi connectivity index (χ3n) is 7.46. The second kappa shape index (κ2) is 9.83. The van der Waals surface area contributed by atoms with Crippen molar-refractivity contribution in [2.24, 2.45) is 7.05 Å². The number of aromatic nitrogens is 5. The normalized spacial score (nSPS) is 12.9. The van der Waals surface area contributed by atoms with Gasteiger partial charge >= 0.3 is 5.69 Å². The number of halogens is 1. The molecule has 0 fully saturated rings. The average Bonchev–Trinajstić information content (AvgIpc) is 3.37. The predicted molar refractivity (Wildman–Crippen MR) is 151 cm³/mol. The molecule has 3 aromatic heterocycles. The predicted octanol–water partition coefficient (Wildman–Crippen LogP) is 4.21. The first-order chi connectivity index (χ1) is 20.0. The van der Waals surface area contributed by atoms with Gasteiger partial charge in [-0.3, -0.25) is 23.6 Å². The fourth-order valence-corrected chi connectivity index (χ4v) is 5.56. The minimum atomic E-state index is -0.566. The van der Waals surface area contributed by atoms with Gasteiger partial charge in [0.2, 0.25) is 0 Å². The molecule has 0 amide bonds. The smallest absolute Gasteiger partial charge is 0.332 e. The lowest BCUT2D eigenvalue weighted by molar-refractivity contribution is -0.0173. The van der Waals surface area contributed by atoms with E-state index in [4.69, 9.17) is 14.6 Å². The van der Waals surface area contributed by atoms with Crippen molar-refractivity contribution in [2.45, 2.75) is 19.7 Å². The van der Waals surface area contributed by atoms with Crippen LogP contribution in [-0.2, 0) is 31.5 Å². The molecule has 7 rings (SSSR count). The van der Waals surface area contributed by atoms with Crippen LogP contribution in [-0.4, -0.2) is 30.7 Å². The van der Waals surface area contributed by atoms with Gasteiger partial charge < -0.3 is 9.47 Å². The lowest BCUT2D eigenvalue weighted by atomic mass is 10.0. The zero-order chi connectivity index (χ0) is 28.1. The van der Waals surface area contributed by atoms with E-state index in [1.165, 1.54) is 23.7 Å². The molecule has 0 N–H and O–H groups in total. The Morgan fingerprint density at radius 1 is 0.951 bits per heavy atom. The van der Waals surface area contributed by atoms with Crippen LogP contribution in [0.5, 0.6) is 5.75 Å². The van der Waals surface area contributed by atoms with Crippen LogP contribution in [0.4, 0.5) is 4.39 Å². The maximum atomic E-state index is 14.6. The SMILES string of the molecule is Cn1c(=O)c2c(-c3ccncc3)n(Cc3cccc4ccccc34)nc2n(Cc2cc(F)cc3c2OCOC3)c1=O. The Kier molecular flexibility index (Phi) is 5.97. The molecule has 0 saturated heterocycles. The van der Waals surface area contributed by atoms with Gasteiger partial charge in [-0.05, 0) is 40.6 Å². The van der Waals surface area contributed by atoms with Crippen molar-refractivity contribution < 1.29 is 13.9 Å². The standard InChI is InChI=1S/C31H24FN5O4/c1-35-30(38)26-27(20-9-11-33-12-10-20)37(16-21-7-4-6-19-5-2-3-8-25(19)21)34-29(26)36(31(35)39)15-22-13-24(32)14-23-17-40-18-41-28(22)23/h2-14H,15-18H2,1H3. The van der Waals surface area contributed by atoms with Gasteiger partial charge in [0.05, 0.1) is 25.4 Å². The van der Waals surface area contributed by atoms with Gasteiger partial charge in [0.25, 0.3) is 5.56 Å². The van der Waals surface area contributed by atoms with E-state index in [1.54, 1.807) is 17.1 Å². The number of nitrogens with zero attached hydrogens (tertiary/aromatic N) is 5. The number of hydrogen-bond donors (Lipinski definition) is 0. The number of fused-ring (bicyclic) bond motifs is 3. The summed E-state index contributed by atoms with van der Waals surface area (Å²) < 4.78 is 29.8. The third kappa shape index (κ3) is 4.20. The quantitative estimate of drug-likeness (QED) is 0.320. The molecule has 204 valence electrons. The van der Waals surface area contributed by atoms with Crippen molar-refractivity contribution in [1.82, 2.24) is 23.9 Å². The Labute approximate surface area is 232 Å². The van der Waals surface area contributed by atoms with Gasteiger partial charge in [0.1, 0.15) is 17.0 Å². The first-order valence-electron chi connectivity index (χ1n) is 13.1. The zero-order valence-corrected chi connectivity index (χ0v) is 22.1. The van der Waals surface area contributed by atoms with Gasteiger partial charge in [-0.15, -0.1) is 0 Å². The topological polar surface area (TPSA) is 93.2 Å². The van der Waals surface area contributed by atoms with E-state index in [1.807, 2.05) is 54.6 Å². The fourth-order valence-electron chi connectivity index (χ4n) is 5.56. The van der Waals surface area contributed by atoms with Crippen LogP contribution in [0.15, 0.2) is 88.7 Å². The van der Waals surface area contributed by atoms with E-state index in [0.717, 1.165) is 26.5 Å². The maximum absolute atomic E-state index is 14.6. The van der Waals surface area contributed by atoms with Crippen LogP contribution in [0.25, 0.3) is 33.1 Å². The molecule has 4 heterocycles. The molecule has 0 saturated carbocycles. The number of hydrogen-bond acceptors (Lipinski definition) is 6. The molecule has 0 unspecified atom stereocenters. The molecule has 0 spiro atoms. The summed E-state index contributed by atoms with van der Waals surface area (Å²) in [5, 5.41) is 7.30. The van der Waals surface area contributed by atoms with Crippen molar-refractivity contribution in [2.75, 3.05) is 6.79 Å². The molecule has 0 aliphatic carbocycles. The summed E-state index contributed by atoms with van der Waals surface area (Å²) in [6.07, 6.45) is 3.30. The summed E-state index contributed by atoms with van der Waals surface area (Å²) in [6, 6.07) is 20.4. The lowest BCUT2D eigenvalue weighted by Gasteiger charge is -2.21. The monoisotopic (exact) mass is 549 g/mol. The number of benzene rings is 3. The van der Waals surface area contributed by atoms with Crippen molar-refractivity contribution in [3.63, 3.8) is 0 Å². The van der Waals surface area contributed by atoms with E-state index < -0.39 is 17.1 Å². The molecule has 1 aliphatic heterocycles. The van der Waals surface area contributed by atoms with Crippen LogP contribution in [0.2, 0.25) is 0 Å². The molecular formula is C31H24FN5O4. The average molecular weight is 550 g/mol. The van der Waals surface area contributed by atoms with E-state index in [9.17, 15) is 14.0 Å². The second-order valence-corrected chi connectivity index (χ2v) is 9.98. The van der Waals surface area contributed by atoms with Crippen molar-refractivity contribution in [1.29, 1.82) is 0 Å². The largest absolute Gasteiger partial charge is 0.467 e. The highest BCUT2D eigenvalue weighted by Crippen LogP contribution is 2.32. The van der Waals surface area contributed by atoms with Gasteiger partial charge in [0, 0.05) is 36.1 Å². The van der Waals surface area contributed by atoms with Crippen LogP contribution < -0.4 is 16.0 Å². The summed E-state index contributed by atoms with van der Waals surface area (Å²) in [5.41, 5.74) is 2.48. The van der Waals surface area contributed by atoms with E-state index in [0.29, 0.717) is 29.1 Å². The molecule has 6 aromatic rings. The van der Waals surface area contributed by atoms with E-state index in [2.05, 4.69) is 4.98 Å². The van der Waals surface area contributed by atoms with E-state index in [-0.39, 0.29) is 31.0 Å². The van der Waals surface area contributed by atoms with Gasteiger partial charge in [-0.2, -0.15) is 5.10 Å². The summed E-state index contributed by atoms with van der Waals surface area (Å²) in [5.74, 6) is -0.00276. The molecule has 41 heavy (non-hydrogen) atoms. The summed E-state index contributed by atoms with van der Waals surface area (Å²) >= 11 is 0. The first-order valence-corrected chi connectivity index (χ1v) is 13.1. The highest BCUT2D eigenvalue weighted by Gasteiger charge is 2.25. The van der Waals surface area contributed by atoms with E-state index >= 15 is 0 Å². The van der Waals surface area contributed by atoms with Crippen molar-refractivity contribution >= 4 is 21.8 Å². The summed E-state index contributed by atoms with van der Waals surface area (Å²) in [7, 11) is 1.43. The Morgan fingerprint density at radius 3 is 2.61 bits per heavy atom. The minimum Gasteiger partial charge on any atom is -0.467 e. The van der Waals surface area contributed by atoms with Crippen LogP contribution >= 0.6 is 0 Å². The minimum absolute atomic E-state index is 0.0229. The summed E-state index contributed by atoms with van der Waals surface area (Å²) in [6.45, 7) is 0.518. The van der Waals surface area contributed by atoms with Crippen LogP contribution in [0.1, 0.15) is 16.7 Å². The Bertz CT molecular complexity index is 2080. The second-order valence-electron chi connectivity index (χ2n) is 9.98. The van der Waals surface area contributed by atoms with Crippen molar-refractivity contribution in [3.8, 4) is 17.0 Å². The Balaban J connectivity index is 1.49. The van der Waals surface area contributed by atoms with Crippen LogP contribution in [0.3, 0.4) is 0 Å².